The first-order valence-electron chi connectivity index (χ1n) is 7.96. The van der Waals surface area contributed by atoms with Gasteiger partial charge in [0.25, 0.3) is 0 Å². The monoisotopic (exact) mass is 322 g/mol. The summed E-state index contributed by atoms with van der Waals surface area (Å²) in [6.07, 6.45) is 6.63. The first-order valence-corrected chi connectivity index (χ1v) is 8.95. The molecule has 0 unspecified atom stereocenters. The van der Waals surface area contributed by atoms with Crippen LogP contribution in [-0.4, -0.2) is 21.6 Å². The molecule has 0 radical (unpaired) electrons. The zero-order valence-electron chi connectivity index (χ0n) is 13.8. The lowest BCUT2D eigenvalue weighted by Gasteiger charge is -2.27. The van der Waals surface area contributed by atoms with E-state index in [9.17, 15) is 4.79 Å². The predicted octanol–water partition coefficient (Wildman–Crippen LogP) is 4.74. The molecule has 1 saturated carbocycles. The van der Waals surface area contributed by atoms with Gasteiger partial charge in [-0.2, -0.15) is 0 Å². The lowest BCUT2D eigenvalue weighted by atomic mass is 9.91. The van der Waals surface area contributed by atoms with E-state index in [4.69, 9.17) is 4.52 Å². The molecule has 122 valence electrons. The summed E-state index contributed by atoms with van der Waals surface area (Å²) in [5, 5.41) is 6.70. The summed E-state index contributed by atoms with van der Waals surface area (Å²) in [6.45, 7) is 9.58. The number of allylic oxidation sites excluding steroid dienone is 1. The summed E-state index contributed by atoms with van der Waals surface area (Å²) in [4.78, 5) is 12.4. The lowest BCUT2D eigenvalue weighted by Crippen LogP contribution is -2.35. The van der Waals surface area contributed by atoms with Gasteiger partial charge in [-0.15, -0.1) is 11.8 Å². The second kappa shape index (κ2) is 7.36. The van der Waals surface area contributed by atoms with Crippen LogP contribution in [0.2, 0.25) is 0 Å². The van der Waals surface area contributed by atoms with Crippen LogP contribution in [0.3, 0.4) is 0 Å². The summed E-state index contributed by atoms with van der Waals surface area (Å²) in [7, 11) is 0. The van der Waals surface area contributed by atoms with Gasteiger partial charge in [0.1, 0.15) is 0 Å². The van der Waals surface area contributed by atoms with Crippen molar-refractivity contribution in [2.75, 3.05) is 11.1 Å². The van der Waals surface area contributed by atoms with Gasteiger partial charge < -0.3 is 9.84 Å². The fourth-order valence-corrected chi connectivity index (χ4v) is 3.72. The molecule has 0 bridgehead atoms. The summed E-state index contributed by atoms with van der Waals surface area (Å²) >= 11 is 1.74. The van der Waals surface area contributed by atoms with Gasteiger partial charge in [0.2, 0.25) is 5.91 Å². The van der Waals surface area contributed by atoms with Gasteiger partial charge in [-0.3, -0.25) is 4.79 Å². The van der Waals surface area contributed by atoms with Gasteiger partial charge in [0.05, 0.1) is 4.75 Å². The molecule has 1 N–H and O–H groups in total. The predicted molar refractivity (Wildman–Crippen MR) is 93.0 cm³/mol. The summed E-state index contributed by atoms with van der Waals surface area (Å²) in [5.74, 6) is 2.83. The minimum Gasteiger partial charge on any atom is -0.354 e. The lowest BCUT2D eigenvalue weighted by molar-refractivity contribution is -0.117. The molecule has 0 spiro atoms. The number of hydrogen-bond acceptors (Lipinski definition) is 4. The summed E-state index contributed by atoms with van der Waals surface area (Å²) in [6, 6.07) is 1.71. The maximum Gasteiger partial charge on any atom is 0.241 e. The molecule has 5 heteroatoms. The van der Waals surface area contributed by atoms with Crippen molar-refractivity contribution in [3.63, 3.8) is 0 Å². The zero-order chi connectivity index (χ0) is 16.2. The van der Waals surface area contributed by atoms with E-state index >= 15 is 0 Å². The van der Waals surface area contributed by atoms with Crippen LogP contribution < -0.4 is 5.32 Å². The number of carbonyl (C=O) groups is 1. The number of nitrogens with one attached hydrogen (secondary N) is 1. The Morgan fingerprint density at radius 1 is 1.45 bits per heavy atom. The maximum atomic E-state index is 12.4. The van der Waals surface area contributed by atoms with Crippen molar-refractivity contribution in [1.29, 1.82) is 0 Å². The van der Waals surface area contributed by atoms with E-state index in [0.717, 1.165) is 17.2 Å². The van der Waals surface area contributed by atoms with E-state index in [-0.39, 0.29) is 5.91 Å². The van der Waals surface area contributed by atoms with Crippen molar-refractivity contribution in [3.05, 3.63) is 18.4 Å². The Morgan fingerprint density at radius 3 is 2.73 bits per heavy atom. The third kappa shape index (κ3) is 4.63. The van der Waals surface area contributed by atoms with Crippen LogP contribution >= 0.6 is 11.8 Å². The normalized spacial score (nSPS) is 16.5. The van der Waals surface area contributed by atoms with E-state index < -0.39 is 4.75 Å². The Balaban J connectivity index is 1.87. The van der Waals surface area contributed by atoms with Gasteiger partial charge in [0.15, 0.2) is 11.6 Å². The molecule has 1 amide bonds. The van der Waals surface area contributed by atoms with Crippen LogP contribution in [0.4, 0.5) is 5.82 Å². The maximum absolute atomic E-state index is 12.4. The van der Waals surface area contributed by atoms with E-state index in [1.165, 1.54) is 32.1 Å². The Labute approximate surface area is 137 Å². The highest BCUT2D eigenvalue weighted by Crippen LogP contribution is 2.33. The molecule has 22 heavy (non-hydrogen) atoms. The SMILES string of the molecule is C=C(C)c1cc(NC(=O)C(C)(C)SCC2CCCCC2)no1. The van der Waals surface area contributed by atoms with Crippen molar-refractivity contribution < 1.29 is 9.32 Å². The average molecular weight is 322 g/mol. The molecule has 1 fully saturated rings. The van der Waals surface area contributed by atoms with Crippen LogP contribution in [0.15, 0.2) is 17.2 Å². The standard InChI is InChI=1S/C17H26N2O2S/c1-12(2)14-10-15(19-21-14)18-16(20)17(3,4)22-11-13-8-6-5-7-9-13/h10,13H,1,5-9,11H2,2-4H3,(H,18,19,20). The van der Waals surface area contributed by atoms with Crippen LogP contribution in [0.1, 0.15) is 58.6 Å². The fraction of sp³-hybridized carbons (Fsp3) is 0.647. The molecule has 1 aliphatic carbocycles. The number of amides is 1. The van der Waals surface area contributed by atoms with Crippen LogP contribution in [0.25, 0.3) is 5.57 Å². The van der Waals surface area contributed by atoms with Crippen LogP contribution in [0, 0.1) is 5.92 Å². The van der Waals surface area contributed by atoms with Gasteiger partial charge in [-0.05, 0) is 50.9 Å². The second-order valence-electron chi connectivity index (χ2n) is 6.64. The number of hydrogen-bond donors (Lipinski definition) is 1. The van der Waals surface area contributed by atoms with Crippen molar-refractivity contribution >= 4 is 29.1 Å². The van der Waals surface area contributed by atoms with Gasteiger partial charge in [-0.1, -0.05) is 31.0 Å². The second-order valence-corrected chi connectivity index (χ2v) is 8.28. The minimum absolute atomic E-state index is 0.0325. The van der Waals surface area contributed by atoms with E-state index in [2.05, 4.69) is 17.1 Å². The summed E-state index contributed by atoms with van der Waals surface area (Å²) < 4.78 is 4.65. The molecule has 0 aromatic carbocycles. The molecule has 1 heterocycles. The molecule has 1 aromatic rings. The van der Waals surface area contributed by atoms with Crippen LogP contribution in [-0.2, 0) is 4.79 Å². The quantitative estimate of drug-likeness (QED) is 0.822. The highest BCUT2D eigenvalue weighted by molar-refractivity contribution is 8.01. The van der Waals surface area contributed by atoms with Crippen molar-refractivity contribution in [3.8, 4) is 0 Å². The third-order valence-electron chi connectivity index (χ3n) is 4.12. The Kier molecular flexibility index (Phi) is 5.73. The highest BCUT2D eigenvalue weighted by Gasteiger charge is 2.30. The van der Waals surface area contributed by atoms with Crippen molar-refractivity contribution in [1.82, 2.24) is 5.16 Å². The van der Waals surface area contributed by atoms with Gasteiger partial charge >= 0.3 is 0 Å². The van der Waals surface area contributed by atoms with Gasteiger partial charge in [0, 0.05) is 6.07 Å². The number of thioether (sulfide) groups is 1. The number of aromatic nitrogens is 1. The minimum atomic E-state index is -0.472. The van der Waals surface area contributed by atoms with Gasteiger partial charge in [-0.25, -0.2) is 0 Å². The average Bonchev–Trinajstić information content (AvgIpc) is 2.95. The number of carbonyl (C=O) groups excluding carboxylic acids is 1. The largest absolute Gasteiger partial charge is 0.354 e. The van der Waals surface area contributed by atoms with E-state index in [1.807, 2.05) is 20.8 Å². The molecule has 0 atom stereocenters. The molecule has 0 saturated heterocycles. The topological polar surface area (TPSA) is 55.1 Å². The molecule has 1 aliphatic rings. The smallest absolute Gasteiger partial charge is 0.241 e. The molecule has 1 aromatic heterocycles. The number of nitrogens with zero attached hydrogens (tertiary/aromatic N) is 1. The van der Waals surface area contributed by atoms with Crippen molar-refractivity contribution in [2.24, 2.45) is 5.92 Å². The Bertz CT molecular complexity index is 531. The highest BCUT2D eigenvalue weighted by atomic mass is 32.2. The Hall–Kier alpha value is -1.23. The van der Waals surface area contributed by atoms with Crippen LogP contribution in [0.5, 0.6) is 0 Å². The fourth-order valence-electron chi connectivity index (χ4n) is 2.55. The molecule has 2 rings (SSSR count). The number of rotatable bonds is 6. The van der Waals surface area contributed by atoms with E-state index in [0.29, 0.717) is 11.6 Å². The first kappa shape index (κ1) is 17.1. The molecule has 4 nitrogen and oxygen atoms in total. The number of anilines is 1. The third-order valence-corrected chi connectivity index (χ3v) is 5.67. The Morgan fingerprint density at radius 2 is 2.14 bits per heavy atom. The molecular formula is C17H26N2O2S. The summed E-state index contributed by atoms with van der Waals surface area (Å²) in [5.41, 5.74) is 0.791. The molecule has 0 aliphatic heterocycles. The molecular weight excluding hydrogens is 296 g/mol. The van der Waals surface area contributed by atoms with E-state index in [1.54, 1.807) is 17.8 Å². The van der Waals surface area contributed by atoms with Crippen molar-refractivity contribution in [2.45, 2.75) is 57.6 Å². The zero-order valence-corrected chi connectivity index (χ0v) is 14.6. The first-order chi connectivity index (χ1) is 10.4.